The fourth-order valence-electron chi connectivity index (χ4n) is 2.04. The molecule has 2 N–H and O–H groups in total. The van der Waals surface area contributed by atoms with Gasteiger partial charge in [-0.1, -0.05) is 17.7 Å². The van der Waals surface area contributed by atoms with Gasteiger partial charge in [-0.3, -0.25) is 9.59 Å². The van der Waals surface area contributed by atoms with E-state index in [2.05, 4.69) is 10.6 Å². The first-order valence-corrected chi connectivity index (χ1v) is 6.02. The fraction of sp³-hybridized carbons (Fsp3) is 0.429. The van der Waals surface area contributed by atoms with E-state index in [4.69, 9.17) is 0 Å². The van der Waals surface area contributed by atoms with Gasteiger partial charge < -0.3 is 10.6 Å². The van der Waals surface area contributed by atoms with Crippen LogP contribution in [0.5, 0.6) is 0 Å². The Morgan fingerprint density at radius 1 is 1.00 bits per heavy atom. The van der Waals surface area contributed by atoms with Crippen molar-refractivity contribution in [2.24, 2.45) is 0 Å². The Labute approximate surface area is 108 Å². The van der Waals surface area contributed by atoms with Crippen LogP contribution in [0.15, 0.2) is 12.1 Å². The number of aryl methyl sites for hydroxylation is 3. The van der Waals surface area contributed by atoms with E-state index in [1.165, 1.54) is 6.92 Å². The zero-order valence-corrected chi connectivity index (χ0v) is 11.4. The molecule has 1 aromatic carbocycles. The van der Waals surface area contributed by atoms with Crippen LogP contribution in [-0.2, 0) is 4.79 Å². The molecule has 0 radical (unpaired) electrons. The number of benzene rings is 1. The molecule has 0 aromatic heterocycles. The first-order chi connectivity index (χ1) is 8.41. The number of carbonyl (C=O) groups excluding carboxylic acids is 2. The molecule has 0 aliphatic rings. The van der Waals surface area contributed by atoms with Crippen molar-refractivity contribution in [3.8, 4) is 0 Å². The SMILES string of the molecule is CC(=O)NCCNC(=O)c1c(C)cc(C)cc1C. The summed E-state index contributed by atoms with van der Waals surface area (Å²) >= 11 is 0. The first-order valence-electron chi connectivity index (χ1n) is 6.02. The van der Waals surface area contributed by atoms with Crippen molar-refractivity contribution in [1.82, 2.24) is 10.6 Å². The Morgan fingerprint density at radius 3 is 2.00 bits per heavy atom. The van der Waals surface area contributed by atoms with Gasteiger partial charge in [0.15, 0.2) is 0 Å². The maximum Gasteiger partial charge on any atom is 0.251 e. The molecule has 0 spiro atoms. The van der Waals surface area contributed by atoms with Crippen molar-refractivity contribution in [2.75, 3.05) is 13.1 Å². The lowest BCUT2D eigenvalue weighted by Crippen LogP contribution is -2.34. The van der Waals surface area contributed by atoms with E-state index >= 15 is 0 Å². The van der Waals surface area contributed by atoms with Crippen LogP contribution in [0, 0.1) is 20.8 Å². The van der Waals surface area contributed by atoms with Crippen LogP contribution in [0.4, 0.5) is 0 Å². The van der Waals surface area contributed by atoms with Gasteiger partial charge in [-0.15, -0.1) is 0 Å². The van der Waals surface area contributed by atoms with E-state index < -0.39 is 0 Å². The Kier molecular flexibility index (Phi) is 4.89. The van der Waals surface area contributed by atoms with E-state index in [0.29, 0.717) is 13.1 Å². The molecule has 18 heavy (non-hydrogen) atoms. The summed E-state index contributed by atoms with van der Waals surface area (Å²) in [5.41, 5.74) is 3.83. The minimum absolute atomic E-state index is 0.0876. The smallest absolute Gasteiger partial charge is 0.251 e. The molecule has 0 saturated carbocycles. The predicted octanol–water partition coefficient (Wildman–Crippen LogP) is 1.48. The molecule has 4 nitrogen and oxygen atoms in total. The summed E-state index contributed by atoms with van der Waals surface area (Å²) in [6.45, 7) is 8.22. The summed E-state index contributed by atoms with van der Waals surface area (Å²) in [5, 5.41) is 5.44. The number of rotatable bonds is 4. The third-order valence-electron chi connectivity index (χ3n) is 2.69. The van der Waals surface area contributed by atoms with Crippen molar-refractivity contribution in [1.29, 1.82) is 0 Å². The van der Waals surface area contributed by atoms with Crippen LogP contribution in [0.25, 0.3) is 0 Å². The molecule has 1 rings (SSSR count). The Morgan fingerprint density at radius 2 is 1.50 bits per heavy atom. The molecule has 0 atom stereocenters. The number of carbonyl (C=O) groups is 2. The monoisotopic (exact) mass is 248 g/mol. The molecule has 4 heteroatoms. The van der Waals surface area contributed by atoms with Gasteiger partial charge in [0, 0.05) is 25.6 Å². The van der Waals surface area contributed by atoms with Gasteiger partial charge in [0.2, 0.25) is 5.91 Å². The summed E-state index contributed by atoms with van der Waals surface area (Å²) in [6, 6.07) is 3.99. The lowest BCUT2D eigenvalue weighted by molar-refractivity contribution is -0.118. The van der Waals surface area contributed by atoms with Crippen molar-refractivity contribution in [2.45, 2.75) is 27.7 Å². The molecule has 2 amide bonds. The predicted molar refractivity (Wildman–Crippen MR) is 71.7 cm³/mol. The van der Waals surface area contributed by atoms with Crippen LogP contribution >= 0.6 is 0 Å². The first kappa shape index (κ1) is 14.2. The molecule has 0 unspecified atom stereocenters. The molecule has 1 aromatic rings. The summed E-state index contributed by atoms with van der Waals surface area (Å²) < 4.78 is 0. The molecule has 0 heterocycles. The van der Waals surface area contributed by atoms with Crippen molar-refractivity contribution < 1.29 is 9.59 Å². The number of nitrogens with one attached hydrogen (secondary N) is 2. The van der Waals surface area contributed by atoms with Crippen LogP contribution < -0.4 is 10.6 Å². The second kappa shape index (κ2) is 6.19. The average Bonchev–Trinajstić information content (AvgIpc) is 2.22. The number of amides is 2. The average molecular weight is 248 g/mol. The van der Waals surface area contributed by atoms with E-state index in [-0.39, 0.29) is 11.8 Å². The molecule has 0 aliphatic heterocycles. The third-order valence-corrected chi connectivity index (χ3v) is 2.69. The molecule has 0 aliphatic carbocycles. The molecular weight excluding hydrogens is 228 g/mol. The topological polar surface area (TPSA) is 58.2 Å². The number of hydrogen-bond donors (Lipinski definition) is 2. The van der Waals surface area contributed by atoms with Gasteiger partial charge in [0.25, 0.3) is 5.91 Å². The van der Waals surface area contributed by atoms with E-state index in [1.807, 2.05) is 32.9 Å². The standard InChI is InChI=1S/C14H20N2O2/c1-9-7-10(2)13(11(3)8-9)14(18)16-6-5-15-12(4)17/h7-8H,5-6H2,1-4H3,(H,15,17)(H,16,18). The van der Waals surface area contributed by atoms with Gasteiger partial charge in [0.05, 0.1) is 0 Å². The maximum absolute atomic E-state index is 12.0. The van der Waals surface area contributed by atoms with Gasteiger partial charge >= 0.3 is 0 Å². The molecular formula is C14H20N2O2. The lowest BCUT2D eigenvalue weighted by atomic mass is 9.99. The largest absolute Gasteiger partial charge is 0.355 e. The van der Waals surface area contributed by atoms with Crippen molar-refractivity contribution in [3.63, 3.8) is 0 Å². The van der Waals surface area contributed by atoms with Gasteiger partial charge in [-0.05, 0) is 31.9 Å². The van der Waals surface area contributed by atoms with Gasteiger partial charge in [0.1, 0.15) is 0 Å². The van der Waals surface area contributed by atoms with Gasteiger partial charge in [-0.2, -0.15) is 0 Å². The summed E-state index contributed by atoms with van der Waals surface area (Å²) in [4.78, 5) is 22.7. The van der Waals surface area contributed by atoms with Crippen LogP contribution in [0.1, 0.15) is 34.0 Å². The van der Waals surface area contributed by atoms with E-state index in [0.717, 1.165) is 22.3 Å². The highest BCUT2D eigenvalue weighted by molar-refractivity contribution is 5.97. The Balaban J connectivity index is 2.65. The zero-order chi connectivity index (χ0) is 13.7. The highest BCUT2D eigenvalue weighted by atomic mass is 16.2. The van der Waals surface area contributed by atoms with Crippen LogP contribution in [0.3, 0.4) is 0 Å². The fourth-order valence-corrected chi connectivity index (χ4v) is 2.04. The maximum atomic E-state index is 12.0. The highest BCUT2D eigenvalue weighted by Gasteiger charge is 2.11. The molecule has 0 fully saturated rings. The minimum atomic E-state index is -0.0908. The van der Waals surface area contributed by atoms with Gasteiger partial charge in [-0.25, -0.2) is 0 Å². The second-order valence-corrected chi connectivity index (χ2v) is 4.51. The summed E-state index contributed by atoms with van der Waals surface area (Å²) in [7, 11) is 0. The highest BCUT2D eigenvalue weighted by Crippen LogP contribution is 2.15. The van der Waals surface area contributed by atoms with Crippen molar-refractivity contribution in [3.05, 3.63) is 34.4 Å². The normalized spacial score (nSPS) is 10.0. The lowest BCUT2D eigenvalue weighted by Gasteiger charge is -2.11. The third kappa shape index (κ3) is 3.87. The Bertz CT molecular complexity index is 444. The quantitative estimate of drug-likeness (QED) is 0.793. The molecule has 0 saturated heterocycles. The molecule has 0 bridgehead atoms. The van der Waals surface area contributed by atoms with Crippen LogP contribution in [-0.4, -0.2) is 24.9 Å². The number of hydrogen-bond acceptors (Lipinski definition) is 2. The Hall–Kier alpha value is -1.84. The second-order valence-electron chi connectivity index (χ2n) is 4.51. The molecule has 98 valence electrons. The zero-order valence-electron chi connectivity index (χ0n) is 11.4. The van der Waals surface area contributed by atoms with E-state index in [9.17, 15) is 9.59 Å². The van der Waals surface area contributed by atoms with Crippen molar-refractivity contribution >= 4 is 11.8 Å². The summed E-state index contributed by atoms with van der Waals surface area (Å²) in [5.74, 6) is -0.178. The minimum Gasteiger partial charge on any atom is -0.355 e. The van der Waals surface area contributed by atoms with Crippen LogP contribution in [0.2, 0.25) is 0 Å². The summed E-state index contributed by atoms with van der Waals surface area (Å²) in [6.07, 6.45) is 0. The van der Waals surface area contributed by atoms with E-state index in [1.54, 1.807) is 0 Å².